The molecule has 2 aromatic carbocycles. The molecule has 0 aromatic heterocycles. The number of carbonyl (C=O) groups is 2. The number of carbonyl (C=O) groups excluding carboxylic acids is 2. The Morgan fingerprint density at radius 2 is 2.00 bits per heavy atom. The van der Waals surface area contributed by atoms with Gasteiger partial charge in [0.25, 0.3) is 6.29 Å². The lowest BCUT2D eigenvalue weighted by Crippen LogP contribution is -2.24. The zero-order valence-corrected chi connectivity index (χ0v) is 15.4. The normalized spacial score (nSPS) is 16.6. The number of nitrogens with one attached hydrogen (secondary N) is 1. The molecule has 128 valence electrons. The van der Waals surface area contributed by atoms with Crippen LogP contribution in [0, 0.1) is 6.92 Å². The van der Waals surface area contributed by atoms with Crippen molar-refractivity contribution in [3.05, 3.63) is 74.9 Å². The number of hydrogen-bond acceptors (Lipinski definition) is 5. The average molecular weight is 423 g/mol. The Labute approximate surface area is 157 Å². The van der Waals surface area contributed by atoms with Crippen LogP contribution in [-0.2, 0) is 14.3 Å². The summed E-state index contributed by atoms with van der Waals surface area (Å²) in [5, 5.41) is 2.85. The van der Waals surface area contributed by atoms with Crippen molar-refractivity contribution in [1.29, 1.82) is 0 Å². The van der Waals surface area contributed by atoms with Gasteiger partial charge in [0.1, 0.15) is 5.70 Å². The van der Waals surface area contributed by atoms with Gasteiger partial charge in [-0.15, -0.1) is 0 Å². The molecule has 2 aromatic rings. The molecule has 7 heteroatoms. The van der Waals surface area contributed by atoms with E-state index < -0.39 is 18.2 Å². The first-order valence-corrected chi connectivity index (χ1v) is 8.52. The molecule has 1 atom stereocenters. The summed E-state index contributed by atoms with van der Waals surface area (Å²) in [5.74, 6) is -1.39. The Morgan fingerprint density at radius 1 is 1.24 bits per heavy atom. The van der Waals surface area contributed by atoms with Crippen molar-refractivity contribution >= 4 is 45.2 Å². The lowest BCUT2D eigenvalue weighted by atomic mass is 10.2. The maximum atomic E-state index is 12.3. The van der Waals surface area contributed by atoms with Gasteiger partial charge in [0.05, 0.1) is 5.56 Å². The fourth-order valence-corrected chi connectivity index (χ4v) is 2.91. The first-order valence-electron chi connectivity index (χ1n) is 7.35. The molecular weight excluding hydrogens is 410 g/mol. The molecule has 5 nitrogen and oxygen atoms in total. The molecule has 1 N–H and O–H groups in total. The molecule has 0 saturated carbocycles. The first-order chi connectivity index (χ1) is 12.0. The van der Waals surface area contributed by atoms with E-state index in [9.17, 15) is 9.59 Å². The summed E-state index contributed by atoms with van der Waals surface area (Å²) < 4.78 is 10.9. The molecule has 0 fully saturated rings. The van der Waals surface area contributed by atoms with Crippen LogP contribution in [0.5, 0.6) is 0 Å². The van der Waals surface area contributed by atoms with Gasteiger partial charge in [-0.25, -0.2) is 9.59 Å². The van der Waals surface area contributed by atoms with Gasteiger partial charge in [0.15, 0.2) is 5.03 Å². The number of aryl methyl sites for hydroxylation is 1. The third kappa shape index (κ3) is 3.86. The number of esters is 2. The van der Waals surface area contributed by atoms with Gasteiger partial charge >= 0.3 is 11.9 Å². The summed E-state index contributed by atoms with van der Waals surface area (Å²) in [6.45, 7) is 1.93. The third-order valence-electron chi connectivity index (χ3n) is 3.47. The molecule has 0 aliphatic carbocycles. The maximum Gasteiger partial charge on any atom is 0.355 e. The van der Waals surface area contributed by atoms with Crippen LogP contribution in [0.2, 0.25) is 0 Å². The van der Waals surface area contributed by atoms with E-state index in [0.29, 0.717) is 15.7 Å². The summed E-state index contributed by atoms with van der Waals surface area (Å²) >= 11 is 9.30. The Balaban J connectivity index is 1.82. The van der Waals surface area contributed by atoms with Crippen LogP contribution >= 0.6 is 27.5 Å². The molecule has 0 bridgehead atoms. The van der Waals surface area contributed by atoms with Gasteiger partial charge in [-0.3, -0.25) is 0 Å². The van der Waals surface area contributed by atoms with Crippen molar-refractivity contribution in [2.24, 2.45) is 0 Å². The highest BCUT2D eigenvalue weighted by atomic mass is 79.9. The van der Waals surface area contributed by atoms with Crippen molar-refractivity contribution in [2.45, 2.75) is 13.2 Å². The van der Waals surface area contributed by atoms with Crippen molar-refractivity contribution in [1.82, 2.24) is 0 Å². The van der Waals surface area contributed by atoms with Crippen LogP contribution in [-0.4, -0.2) is 18.2 Å². The minimum absolute atomic E-state index is 0.147. The zero-order chi connectivity index (χ0) is 18.0. The van der Waals surface area contributed by atoms with E-state index in [1.165, 1.54) is 0 Å². The van der Waals surface area contributed by atoms with E-state index in [0.717, 1.165) is 5.56 Å². The van der Waals surface area contributed by atoms with Gasteiger partial charge in [0.2, 0.25) is 0 Å². The maximum absolute atomic E-state index is 12.3. The zero-order valence-electron chi connectivity index (χ0n) is 13.1. The second kappa shape index (κ2) is 7.29. The lowest BCUT2D eigenvalue weighted by Gasteiger charge is -2.17. The molecule has 25 heavy (non-hydrogen) atoms. The predicted octanol–water partition coefficient (Wildman–Crippen LogP) is 4.36. The SMILES string of the molecule is Cc1cccc(NC2=C(Cl)C(=O)OC2OC(=O)c2ccccc2Br)c1. The summed E-state index contributed by atoms with van der Waals surface area (Å²) in [4.78, 5) is 24.1. The van der Waals surface area contributed by atoms with Gasteiger partial charge in [-0.2, -0.15) is 0 Å². The number of anilines is 1. The van der Waals surface area contributed by atoms with Crippen LogP contribution in [0.4, 0.5) is 5.69 Å². The number of ether oxygens (including phenoxy) is 2. The minimum Gasteiger partial charge on any atom is -0.415 e. The molecular formula is C18H13BrClNO4. The van der Waals surface area contributed by atoms with Crippen LogP contribution in [0.3, 0.4) is 0 Å². The number of benzene rings is 2. The minimum atomic E-state index is -1.24. The molecule has 0 radical (unpaired) electrons. The largest absolute Gasteiger partial charge is 0.415 e. The van der Waals surface area contributed by atoms with Crippen molar-refractivity contribution < 1.29 is 19.1 Å². The van der Waals surface area contributed by atoms with E-state index in [-0.39, 0.29) is 10.7 Å². The Kier molecular flexibility index (Phi) is 5.11. The fraction of sp³-hybridized carbons (Fsp3) is 0.111. The van der Waals surface area contributed by atoms with Crippen LogP contribution < -0.4 is 5.32 Å². The van der Waals surface area contributed by atoms with Crippen molar-refractivity contribution in [3.8, 4) is 0 Å². The van der Waals surface area contributed by atoms with Gasteiger partial charge in [0, 0.05) is 10.2 Å². The Hall–Kier alpha value is -2.31. The van der Waals surface area contributed by atoms with Crippen LogP contribution in [0.15, 0.2) is 63.7 Å². The van der Waals surface area contributed by atoms with E-state index in [2.05, 4.69) is 21.2 Å². The van der Waals surface area contributed by atoms with Crippen molar-refractivity contribution in [3.63, 3.8) is 0 Å². The summed E-state index contributed by atoms with van der Waals surface area (Å²) in [7, 11) is 0. The molecule has 3 rings (SSSR count). The van der Waals surface area contributed by atoms with Crippen LogP contribution in [0.1, 0.15) is 15.9 Å². The molecule has 1 unspecified atom stereocenters. The first kappa shape index (κ1) is 17.5. The van der Waals surface area contributed by atoms with Gasteiger partial charge in [-0.1, -0.05) is 35.9 Å². The fourth-order valence-electron chi connectivity index (χ4n) is 2.28. The highest BCUT2D eigenvalue weighted by Crippen LogP contribution is 2.29. The van der Waals surface area contributed by atoms with Crippen LogP contribution in [0.25, 0.3) is 0 Å². The monoisotopic (exact) mass is 421 g/mol. The standard InChI is InChI=1S/C18H13BrClNO4/c1-10-5-4-6-11(9-10)21-15-14(20)17(23)25-18(15)24-16(22)12-7-2-3-8-13(12)19/h2-9,18,21H,1H3. The average Bonchev–Trinajstić information content (AvgIpc) is 2.83. The smallest absolute Gasteiger partial charge is 0.355 e. The van der Waals surface area contributed by atoms with E-state index >= 15 is 0 Å². The molecule has 0 spiro atoms. The highest BCUT2D eigenvalue weighted by molar-refractivity contribution is 9.10. The molecule has 0 saturated heterocycles. The number of halogens is 2. The Morgan fingerprint density at radius 3 is 2.72 bits per heavy atom. The third-order valence-corrected chi connectivity index (χ3v) is 4.52. The topological polar surface area (TPSA) is 64.6 Å². The number of hydrogen-bond donors (Lipinski definition) is 1. The lowest BCUT2D eigenvalue weighted by molar-refractivity contribution is -0.152. The highest BCUT2D eigenvalue weighted by Gasteiger charge is 2.37. The molecule has 0 amide bonds. The Bertz CT molecular complexity index is 881. The molecule has 1 heterocycles. The second-order valence-corrected chi connectivity index (χ2v) is 6.58. The van der Waals surface area contributed by atoms with Gasteiger partial charge < -0.3 is 14.8 Å². The van der Waals surface area contributed by atoms with E-state index in [1.807, 2.05) is 25.1 Å². The predicted molar refractivity (Wildman–Crippen MR) is 97.1 cm³/mol. The summed E-state index contributed by atoms with van der Waals surface area (Å²) in [6.07, 6.45) is -1.24. The molecule has 1 aliphatic heterocycles. The summed E-state index contributed by atoms with van der Waals surface area (Å²) in [6, 6.07) is 14.3. The second-order valence-electron chi connectivity index (χ2n) is 5.34. The molecule has 1 aliphatic rings. The van der Waals surface area contributed by atoms with E-state index in [4.69, 9.17) is 21.1 Å². The van der Waals surface area contributed by atoms with Gasteiger partial charge in [-0.05, 0) is 52.7 Å². The number of rotatable bonds is 4. The summed E-state index contributed by atoms with van der Waals surface area (Å²) in [5.41, 5.74) is 2.23. The number of cyclic esters (lactones) is 1. The van der Waals surface area contributed by atoms with E-state index in [1.54, 1.807) is 30.3 Å². The van der Waals surface area contributed by atoms with Crippen molar-refractivity contribution in [2.75, 3.05) is 5.32 Å². The quantitative estimate of drug-likeness (QED) is 0.742.